The second-order valence-electron chi connectivity index (χ2n) is 7.91. The highest BCUT2D eigenvalue weighted by atomic mass is 32.2. The third-order valence-corrected chi connectivity index (χ3v) is 6.95. The van der Waals surface area contributed by atoms with Crippen LogP contribution in [0, 0.1) is 0 Å². The molecule has 3 N–H and O–H groups in total. The minimum absolute atomic E-state index is 0.191. The van der Waals surface area contributed by atoms with Gasteiger partial charge in [-0.2, -0.15) is 4.98 Å². The Kier molecular flexibility index (Phi) is 7.39. The number of aryl methyl sites for hydroxylation is 1. The third kappa shape index (κ3) is 5.89. The van der Waals surface area contributed by atoms with Crippen molar-refractivity contribution in [3.05, 3.63) is 60.3 Å². The van der Waals surface area contributed by atoms with E-state index in [0.717, 1.165) is 23.1 Å². The maximum absolute atomic E-state index is 12.5. The Bertz CT molecular complexity index is 1260. The summed E-state index contributed by atoms with van der Waals surface area (Å²) in [5.74, 6) is 0.819. The van der Waals surface area contributed by atoms with Crippen molar-refractivity contribution in [1.29, 1.82) is 0 Å². The number of fused-ring (bicyclic) bond motifs is 4. The first kappa shape index (κ1) is 23.7. The van der Waals surface area contributed by atoms with Crippen LogP contribution in [0.25, 0.3) is 11.1 Å². The Morgan fingerprint density at radius 1 is 1.09 bits per heavy atom. The van der Waals surface area contributed by atoms with Gasteiger partial charge in [-0.05, 0) is 48.6 Å². The second kappa shape index (κ2) is 10.6. The van der Waals surface area contributed by atoms with Crippen molar-refractivity contribution in [1.82, 2.24) is 14.7 Å². The van der Waals surface area contributed by atoms with Gasteiger partial charge in [-0.15, -0.1) is 0 Å². The molecule has 0 aliphatic carbocycles. The topological polar surface area (TPSA) is 122 Å². The van der Waals surface area contributed by atoms with Crippen molar-refractivity contribution in [2.45, 2.75) is 30.6 Å². The number of hydrogen-bond donors (Lipinski definition) is 3. The van der Waals surface area contributed by atoms with E-state index in [2.05, 4.69) is 25.3 Å². The predicted octanol–water partition coefficient (Wildman–Crippen LogP) is 3.48. The first-order chi connectivity index (χ1) is 16.4. The summed E-state index contributed by atoms with van der Waals surface area (Å²) >= 11 is 0. The van der Waals surface area contributed by atoms with E-state index in [1.165, 1.54) is 7.11 Å². The van der Waals surface area contributed by atoms with Crippen LogP contribution in [0.1, 0.15) is 24.8 Å². The minimum atomic E-state index is -3.57. The van der Waals surface area contributed by atoms with Gasteiger partial charge in [-0.3, -0.25) is 4.79 Å². The Labute approximate surface area is 199 Å². The van der Waals surface area contributed by atoms with E-state index in [0.29, 0.717) is 49.8 Å². The molecule has 0 spiro atoms. The number of aromatic nitrogens is 2. The summed E-state index contributed by atoms with van der Waals surface area (Å²) in [6.45, 7) is 0.990. The molecule has 4 bridgehead atoms. The number of carbonyl (C=O) groups is 1. The Hall–Kier alpha value is -3.50. The monoisotopic (exact) mass is 481 g/mol. The van der Waals surface area contributed by atoms with Crippen LogP contribution in [-0.4, -0.2) is 44.6 Å². The number of ether oxygens (including phenoxy) is 1. The van der Waals surface area contributed by atoms with Crippen LogP contribution in [0.15, 0.2) is 59.6 Å². The van der Waals surface area contributed by atoms with Crippen LogP contribution < -0.4 is 15.4 Å². The van der Waals surface area contributed by atoms with Gasteiger partial charge in [0.2, 0.25) is 16.0 Å². The Balaban J connectivity index is 1.61. The van der Waals surface area contributed by atoms with E-state index in [-0.39, 0.29) is 10.9 Å². The standard InChI is InChI=1S/C24H27N5O4S/c1-33-22(30)12-9-17-7-10-18(11-8-17)21-16-26-24-28-19-5-4-6-20(15-19)34(31,32)27-14-3-2-13-25-23(21)29-24/h4-8,10-11,15-16,27H,2-3,9,12-14H2,1H3,(H2,25,26,28,29). The van der Waals surface area contributed by atoms with E-state index in [1.807, 2.05) is 24.3 Å². The molecule has 178 valence electrons. The van der Waals surface area contributed by atoms with Gasteiger partial charge in [0.15, 0.2) is 0 Å². The fraction of sp³-hybridized carbons (Fsp3) is 0.292. The Morgan fingerprint density at radius 3 is 2.68 bits per heavy atom. The SMILES string of the molecule is COC(=O)CCc1ccc(-c2cnc3nc2NCCCCNS(=O)(=O)c2cccc(c2)N3)cc1. The normalized spacial score (nSPS) is 15.3. The molecular formula is C24H27N5O4S. The van der Waals surface area contributed by atoms with Gasteiger partial charge >= 0.3 is 5.97 Å². The average molecular weight is 482 g/mol. The van der Waals surface area contributed by atoms with Crippen molar-refractivity contribution >= 4 is 33.4 Å². The third-order valence-electron chi connectivity index (χ3n) is 5.49. The summed E-state index contributed by atoms with van der Waals surface area (Å²) in [7, 11) is -2.19. The molecule has 1 aliphatic rings. The molecule has 4 rings (SSSR count). The Morgan fingerprint density at radius 2 is 1.88 bits per heavy atom. The zero-order chi connectivity index (χ0) is 24.0. The van der Waals surface area contributed by atoms with Gasteiger partial charge in [0, 0.05) is 37.0 Å². The molecule has 3 aromatic rings. The quantitative estimate of drug-likeness (QED) is 0.484. The average Bonchev–Trinajstić information content (AvgIpc) is 2.85. The first-order valence-corrected chi connectivity index (χ1v) is 12.6. The van der Waals surface area contributed by atoms with E-state index in [4.69, 9.17) is 4.74 Å². The van der Waals surface area contributed by atoms with Gasteiger partial charge in [0.1, 0.15) is 5.82 Å². The molecule has 0 saturated heterocycles. The van der Waals surface area contributed by atoms with E-state index in [1.54, 1.807) is 30.5 Å². The highest BCUT2D eigenvalue weighted by Gasteiger charge is 2.16. The number of anilines is 3. The molecule has 1 aliphatic heterocycles. The van der Waals surface area contributed by atoms with Crippen molar-refractivity contribution in [3.8, 4) is 11.1 Å². The van der Waals surface area contributed by atoms with Crippen molar-refractivity contribution in [2.24, 2.45) is 0 Å². The van der Waals surface area contributed by atoms with Gasteiger partial charge in [0.25, 0.3) is 0 Å². The van der Waals surface area contributed by atoms with Crippen molar-refractivity contribution in [3.63, 3.8) is 0 Å². The van der Waals surface area contributed by atoms with Crippen LogP contribution in [-0.2, 0) is 26.0 Å². The molecule has 0 unspecified atom stereocenters. The second-order valence-corrected chi connectivity index (χ2v) is 9.68. The lowest BCUT2D eigenvalue weighted by Crippen LogP contribution is -2.25. The summed E-state index contributed by atoms with van der Waals surface area (Å²) in [5.41, 5.74) is 3.42. The number of hydrogen-bond acceptors (Lipinski definition) is 8. The van der Waals surface area contributed by atoms with E-state index in [9.17, 15) is 13.2 Å². The molecule has 0 atom stereocenters. The molecule has 34 heavy (non-hydrogen) atoms. The molecule has 9 nitrogen and oxygen atoms in total. The lowest BCUT2D eigenvalue weighted by Gasteiger charge is -2.15. The maximum Gasteiger partial charge on any atom is 0.305 e. The largest absolute Gasteiger partial charge is 0.469 e. The summed E-state index contributed by atoms with van der Waals surface area (Å²) in [4.78, 5) is 20.7. The molecule has 0 fully saturated rings. The van der Waals surface area contributed by atoms with Gasteiger partial charge < -0.3 is 15.4 Å². The van der Waals surface area contributed by atoms with Gasteiger partial charge in [-0.1, -0.05) is 30.3 Å². The minimum Gasteiger partial charge on any atom is -0.469 e. The lowest BCUT2D eigenvalue weighted by atomic mass is 10.0. The highest BCUT2D eigenvalue weighted by Crippen LogP contribution is 2.28. The van der Waals surface area contributed by atoms with Crippen LogP contribution in [0.5, 0.6) is 0 Å². The van der Waals surface area contributed by atoms with Crippen molar-refractivity contribution < 1.29 is 17.9 Å². The number of methoxy groups -OCH3 is 1. The number of sulfonamides is 1. The predicted molar refractivity (Wildman–Crippen MR) is 130 cm³/mol. The number of nitrogens with one attached hydrogen (secondary N) is 3. The van der Waals surface area contributed by atoms with Crippen LogP contribution >= 0.6 is 0 Å². The molecule has 2 heterocycles. The number of esters is 1. The fourth-order valence-corrected chi connectivity index (χ4v) is 4.72. The molecule has 0 amide bonds. The van der Waals surface area contributed by atoms with Crippen LogP contribution in [0.2, 0.25) is 0 Å². The number of benzene rings is 2. The summed E-state index contributed by atoms with van der Waals surface area (Å²) < 4.78 is 32.4. The lowest BCUT2D eigenvalue weighted by molar-refractivity contribution is -0.140. The molecule has 1 aromatic heterocycles. The molecule has 2 aromatic carbocycles. The molecule has 0 radical (unpaired) electrons. The van der Waals surface area contributed by atoms with Crippen molar-refractivity contribution in [2.75, 3.05) is 30.8 Å². The smallest absolute Gasteiger partial charge is 0.305 e. The highest BCUT2D eigenvalue weighted by molar-refractivity contribution is 7.89. The molecular weight excluding hydrogens is 454 g/mol. The number of rotatable bonds is 4. The number of carbonyl (C=O) groups excluding carboxylic acids is 1. The zero-order valence-corrected chi connectivity index (χ0v) is 19.7. The van der Waals surface area contributed by atoms with Crippen LogP contribution in [0.4, 0.5) is 17.5 Å². The van der Waals surface area contributed by atoms with Crippen LogP contribution in [0.3, 0.4) is 0 Å². The summed E-state index contributed by atoms with van der Waals surface area (Å²) in [5, 5.41) is 6.46. The summed E-state index contributed by atoms with van der Waals surface area (Å²) in [6, 6.07) is 14.5. The fourth-order valence-electron chi connectivity index (χ4n) is 3.60. The van der Waals surface area contributed by atoms with E-state index < -0.39 is 10.0 Å². The first-order valence-electron chi connectivity index (χ1n) is 11.1. The summed E-state index contributed by atoms with van der Waals surface area (Å²) in [6.07, 6.45) is 4.15. The van der Waals surface area contributed by atoms with E-state index >= 15 is 0 Å². The van der Waals surface area contributed by atoms with Gasteiger partial charge in [0.05, 0.1) is 12.0 Å². The molecule has 10 heteroatoms. The molecule has 0 saturated carbocycles. The number of nitrogens with zero attached hydrogens (tertiary/aromatic N) is 2. The zero-order valence-electron chi connectivity index (χ0n) is 18.9. The van der Waals surface area contributed by atoms with Gasteiger partial charge in [-0.25, -0.2) is 18.1 Å². The maximum atomic E-state index is 12.5.